The van der Waals surface area contributed by atoms with Crippen LogP contribution < -0.4 is 5.11 Å². The molecule has 0 rings (SSSR count). The molecule has 1 N–H and O–H groups in total. The molecule has 0 amide bonds. The molecule has 0 aromatic rings. The van der Waals surface area contributed by atoms with Crippen LogP contribution >= 0.6 is 0 Å². The zero-order valence-corrected chi connectivity index (χ0v) is 9.90. The van der Waals surface area contributed by atoms with E-state index in [1.165, 1.54) is 0 Å². The van der Waals surface area contributed by atoms with Gasteiger partial charge in [-0.05, 0) is 19.9 Å². The van der Waals surface area contributed by atoms with Gasteiger partial charge >= 0.3 is 0 Å². The summed E-state index contributed by atoms with van der Waals surface area (Å²) in [5.41, 5.74) is 0. The number of carbonyl (C=O) groups excluding carboxylic acids is 1. The van der Waals surface area contributed by atoms with Crippen LogP contribution in [0.1, 0.15) is 13.8 Å². The molecule has 0 fully saturated rings. The molecule has 1 atom stereocenters. The maximum atomic E-state index is 9.34. The van der Waals surface area contributed by atoms with Crippen molar-refractivity contribution in [3.63, 3.8) is 0 Å². The molecule has 0 aliphatic rings. The van der Waals surface area contributed by atoms with Gasteiger partial charge in [-0.15, -0.1) is 0 Å². The van der Waals surface area contributed by atoms with Crippen LogP contribution in [-0.2, 0) is 9.63 Å². The number of hydrogen-bond acceptors (Lipinski definition) is 4. The highest BCUT2D eigenvalue weighted by atomic mass is 16.7. The highest BCUT2D eigenvalue weighted by Crippen LogP contribution is 1.96. The van der Waals surface area contributed by atoms with Crippen molar-refractivity contribution in [2.45, 2.75) is 20.0 Å². The molecule has 15 heavy (non-hydrogen) atoms. The lowest BCUT2D eigenvalue weighted by Gasteiger charge is -2.24. The van der Waals surface area contributed by atoms with Gasteiger partial charge in [0.2, 0.25) is 0 Å². The molecule has 0 aromatic carbocycles. The van der Waals surface area contributed by atoms with Crippen LogP contribution in [0.2, 0.25) is 0 Å². The van der Waals surface area contributed by atoms with Gasteiger partial charge in [0.15, 0.2) is 0 Å². The minimum absolute atomic E-state index is 0.569. The van der Waals surface area contributed by atoms with Gasteiger partial charge in [-0.25, -0.2) is 4.84 Å². The molecule has 0 bridgehead atoms. The Morgan fingerprint density at radius 1 is 1.67 bits per heavy atom. The fraction of sp³-hybridized carbons (Fsp3) is 0.700. The Labute approximate surface area is 91.1 Å². The van der Waals surface area contributed by atoms with Crippen LogP contribution in [0, 0.1) is 0 Å². The molecule has 5 nitrogen and oxygen atoms in total. The minimum Gasteiger partial charge on any atom is -0.547 e. The monoisotopic (exact) mass is 219 g/mol. The van der Waals surface area contributed by atoms with Crippen molar-refractivity contribution >= 4 is 5.97 Å². The largest absolute Gasteiger partial charge is 0.547 e. The normalized spacial score (nSPS) is 12.3. The predicted molar refractivity (Wildman–Crippen MR) is 55.5 cm³/mol. The van der Waals surface area contributed by atoms with Crippen LogP contribution in [0.25, 0.3) is 0 Å². The first-order valence-electron chi connectivity index (χ1n) is 4.74. The molecule has 0 spiro atoms. The van der Waals surface area contributed by atoms with E-state index in [9.17, 15) is 9.90 Å². The number of hydrogen-bond donors (Lipinski definition) is 1. The average molecular weight is 219 g/mol. The van der Waals surface area contributed by atoms with Gasteiger partial charge < -0.3 is 15.0 Å². The second-order valence-corrected chi connectivity index (χ2v) is 3.46. The third-order valence-electron chi connectivity index (χ3n) is 1.39. The summed E-state index contributed by atoms with van der Waals surface area (Å²) in [7, 11) is 4.01. The highest BCUT2D eigenvalue weighted by Gasteiger charge is 2.11. The van der Waals surface area contributed by atoms with E-state index in [0.717, 1.165) is 20.1 Å². The molecule has 0 heterocycles. The SMILES string of the molecule is C=CC[N+](C)(C)OCC.CC(O)C(=O)[O-]. The summed E-state index contributed by atoms with van der Waals surface area (Å²) < 4.78 is 0.569. The maximum absolute atomic E-state index is 9.34. The fourth-order valence-electron chi connectivity index (χ4n) is 0.713. The highest BCUT2D eigenvalue weighted by molar-refractivity contribution is 5.68. The summed E-state index contributed by atoms with van der Waals surface area (Å²) in [4.78, 5) is 14.7. The molecule has 0 saturated heterocycles. The summed E-state index contributed by atoms with van der Waals surface area (Å²) in [5.74, 6) is -1.44. The third-order valence-corrected chi connectivity index (χ3v) is 1.39. The number of carboxylic acid groups (broad SMARTS) is 1. The number of carbonyl (C=O) groups is 1. The van der Waals surface area contributed by atoms with Crippen LogP contribution in [0.3, 0.4) is 0 Å². The Morgan fingerprint density at radius 3 is 2.27 bits per heavy atom. The maximum Gasteiger partial charge on any atom is 0.127 e. The van der Waals surface area contributed by atoms with E-state index in [4.69, 9.17) is 9.94 Å². The molecule has 0 radical (unpaired) electrons. The molecule has 0 aliphatic heterocycles. The van der Waals surface area contributed by atoms with E-state index in [0.29, 0.717) is 4.65 Å². The van der Waals surface area contributed by atoms with Crippen molar-refractivity contribution in [2.24, 2.45) is 0 Å². The number of nitrogens with zero attached hydrogens (tertiary/aromatic N) is 1. The third kappa shape index (κ3) is 13.1. The second-order valence-electron chi connectivity index (χ2n) is 3.46. The van der Waals surface area contributed by atoms with E-state index >= 15 is 0 Å². The van der Waals surface area contributed by atoms with Crippen LogP contribution in [0.4, 0.5) is 0 Å². The quantitative estimate of drug-likeness (QED) is 0.378. The molecular weight excluding hydrogens is 198 g/mol. The predicted octanol–water partition coefficient (Wildman–Crippen LogP) is -0.683. The topological polar surface area (TPSA) is 69.6 Å². The van der Waals surface area contributed by atoms with Gasteiger partial charge in [-0.3, -0.25) is 0 Å². The first kappa shape index (κ1) is 16.5. The first-order chi connectivity index (χ1) is 6.76. The Balaban J connectivity index is 0. The van der Waals surface area contributed by atoms with Gasteiger partial charge in [-0.1, -0.05) is 6.58 Å². The summed E-state index contributed by atoms with van der Waals surface area (Å²) >= 11 is 0. The van der Waals surface area contributed by atoms with Crippen molar-refractivity contribution in [3.05, 3.63) is 12.7 Å². The number of likely N-dealkylation sites (N-methyl/N-ethyl adjacent to an activating group) is 1. The van der Waals surface area contributed by atoms with Gasteiger partial charge in [0.1, 0.15) is 13.2 Å². The number of aliphatic carboxylic acids is 1. The van der Waals surface area contributed by atoms with E-state index in [1.807, 2.05) is 27.1 Å². The summed E-state index contributed by atoms with van der Waals surface area (Å²) in [5, 5.41) is 17.3. The molecule has 0 aliphatic carbocycles. The summed E-state index contributed by atoms with van der Waals surface area (Å²) in [6, 6.07) is 0. The van der Waals surface area contributed by atoms with E-state index in [-0.39, 0.29) is 0 Å². The average Bonchev–Trinajstić information content (AvgIpc) is 2.04. The zero-order valence-electron chi connectivity index (χ0n) is 9.90. The Kier molecular flexibility index (Phi) is 9.25. The second kappa shape index (κ2) is 8.40. The fourth-order valence-corrected chi connectivity index (χ4v) is 0.713. The van der Waals surface area contributed by atoms with Crippen LogP contribution in [0.15, 0.2) is 12.7 Å². The lowest BCUT2D eigenvalue weighted by Crippen LogP contribution is -2.39. The molecule has 0 saturated carbocycles. The van der Waals surface area contributed by atoms with E-state index < -0.39 is 12.1 Å². The van der Waals surface area contributed by atoms with Gasteiger partial charge in [-0.2, -0.15) is 4.65 Å². The van der Waals surface area contributed by atoms with E-state index in [2.05, 4.69) is 6.58 Å². The number of rotatable bonds is 5. The van der Waals surface area contributed by atoms with Crippen molar-refractivity contribution in [2.75, 3.05) is 27.2 Å². The Morgan fingerprint density at radius 2 is 2.07 bits per heavy atom. The molecule has 5 heteroatoms. The zero-order chi connectivity index (χ0) is 12.5. The summed E-state index contributed by atoms with van der Waals surface area (Å²) in [6.45, 7) is 8.36. The van der Waals surface area contributed by atoms with Crippen LogP contribution in [0.5, 0.6) is 0 Å². The van der Waals surface area contributed by atoms with Crippen molar-refractivity contribution in [1.29, 1.82) is 0 Å². The van der Waals surface area contributed by atoms with Gasteiger partial charge in [0.05, 0.1) is 26.2 Å². The van der Waals surface area contributed by atoms with E-state index in [1.54, 1.807) is 0 Å². The Hall–Kier alpha value is -0.910. The van der Waals surface area contributed by atoms with Gasteiger partial charge in [0, 0.05) is 0 Å². The standard InChI is InChI=1S/C7H16NO.C3H6O3/c1-5-7-8(3,4)9-6-2;1-2(4)3(5)6/h5H,1,6-7H2,2-4H3;2,4H,1H3,(H,5,6)/q+1;/p-1. The number of aliphatic hydroxyl groups excluding tert-OH is 1. The van der Waals surface area contributed by atoms with Crippen molar-refractivity contribution in [1.82, 2.24) is 0 Å². The van der Waals surface area contributed by atoms with Crippen LogP contribution in [-0.4, -0.2) is 49.1 Å². The van der Waals surface area contributed by atoms with Gasteiger partial charge in [0.25, 0.3) is 0 Å². The van der Waals surface area contributed by atoms with Crippen molar-refractivity contribution < 1.29 is 24.5 Å². The molecular formula is C10H21NO4. The number of aliphatic hydroxyl groups is 1. The number of quaternary nitrogens is 1. The minimum atomic E-state index is -1.44. The lowest BCUT2D eigenvalue weighted by atomic mass is 10.4. The lowest BCUT2D eigenvalue weighted by molar-refractivity contribution is -1.07. The smallest absolute Gasteiger partial charge is 0.127 e. The molecule has 1 unspecified atom stereocenters. The number of carboxylic acids is 1. The molecule has 0 aromatic heterocycles. The number of hydroxylamine groups is 3. The summed E-state index contributed by atoms with van der Waals surface area (Å²) in [6.07, 6.45) is 0.514. The first-order valence-corrected chi connectivity index (χ1v) is 4.74. The van der Waals surface area contributed by atoms with Crippen molar-refractivity contribution in [3.8, 4) is 0 Å². The molecule has 90 valence electrons. The Bertz CT molecular complexity index is 190.